The third kappa shape index (κ3) is 5.68. The van der Waals surface area contributed by atoms with Crippen molar-refractivity contribution >= 4 is 82.4 Å². The molecule has 0 bridgehead atoms. The van der Waals surface area contributed by atoms with E-state index in [4.69, 9.17) is 4.74 Å². The average Bonchev–Trinajstić information content (AvgIpc) is 3.08. The minimum atomic E-state index is -0.174. The van der Waals surface area contributed by atoms with Gasteiger partial charge in [0.15, 0.2) is 5.17 Å². The van der Waals surface area contributed by atoms with Crippen LogP contribution < -0.4 is 10.1 Å². The Balaban J connectivity index is 1.52. The van der Waals surface area contributed by atoms with Crippen molar-refractivity contribution in [2.75, 3.05) is 0 Å². The number of amidine groups is 1. The Morgan fingerprint density at radius 2 is 1.61 bits per heavy atom. The van der Waals surface area contributed by atoms with Gasteiger partial charge in [-0.05, 0) is 101 Å². The van der Waals surface area contributed by atoms with Gasteiger partial charge in [-0.25, -0.2) is 4.99 Å². The Bertz CT molecular complexity index is 1170. The average molecular weight is 623 g/mol. The van der Waals surface area contributed by atoms with E-state index < -0.39 is 0 Å². The van der Waals surface area contributed by atoms with Crippen LogP contribution in [0.3, 0.4) is 0 Å². The summed E-state index contributed by atoms with van der Waals surface area (Å²) in [5, 5.41) is 3.36. The van der Waals surface area contributed by atoms with E-state index in [0.717, 1.165) is 30.2 Å². The van der Waals surface area contributed by atoms with E-state index in [2.05, 4.69) is 58.1 Å². The molecule has 4 rings (SSSR count). The van der Waals surface area contributed by atoms with Gasteiger partial charge in [0.05, 0.1) is 19.5 Å². The second-order valence-electron chi connectivity index (χ2n) is 6.52. The largest absolute Gasteiger partial charge is 0.487 e. The molecule has 8 heteroatoms. The number of benzene rings is 3. The van der Waals surface area contributed by atoms with Crippen LogP contribution in [0.15, 0.2) is 90.0 Å². The number of aliphatic imine (C=N–C) groups is 1. The maximum Gasteiger partial charge on any atom is 0.264 e. The molecule has 0 aliphatic carbocycles. The minimum Gasteiger partial charge on any atom is -0.487 e. The number of amides is 1. The van der Waals surface area contributed by atoms with Crippen LogP contribution in [0.1, 0.15) is 11.1 Å². The number of para-hydroxylation sites is 1. The van der Waals surface area contributed by atoms with Gasteiger partial charge < -0.3 is 10.1 Å². The monoisotopic (exact) mass is 620 g/mol. The number of hydrogen-bond donors (Lipinski definition) is 1. The van der Waals surface area contributed by atoms with Crippen molar-refractivity contribution in [3.63, 3.8) is 0 Å². The first-order chi connectivity index (χ1) is 15.0. The zero-order valence-electron chi connectivity index (χ0n) is 15.9. The molecule has 1 aliphatic heterocycles. The van der Waals surface area contributed by atoms with Gasteiger partial charge in [0.25, 0.3) is 5.91 Å². The summed E-state index contributed by atoms with van der Waals surface area (Å²) < 4.78 is 8.44. The van der Waals surface area contributed by atoms with Crippen molar-refractivity contribution in [2.45, 2.75) is 6.61 Å². The van der Waals surface area contributed by atoms with Crippen molar-refractivity contribution in [2.24, 2.45) is 4.99 Å². The van der Waals surface area contributed by atoms with Gasteiger partial charge in [-0.15, -0.1) is 0 Å². The number of carbonyl (C=O) groups is 1. The quantitative estimate of drug-likeness (QED) is 0.301. The zero-order chi connectivity index (χ0) is 21.8. The lowest BCUT2D eigenvalue weighted by Crippen LogP contribution is -2.19. The molecule has 3 aromatic rings. The van der Waals surface area contributed by atoms with Crippen LogP contribution in [-0.4, -0.2) is 11.1 Å². The molecule has 0 unspecified atom stereocenters. The molecule has 0 radical (unpaired) electrons. The smallest absolute Gasteiger partial charge is 0.264 e. The van der Waals surface area contributed by atoms with Crippen LogP contribution in [0.5, 0.6) is 5.75 Å². The number of rotatable bonds is 5. The zero-order valence-corrected chi connectivity index (χ0v) is 21.5. The molecule has 156 valence electrons. The number of ether oxygens (including phenoxy) is 1. The number of nitrogens with zero attached hydrogens (tertiary/aromatic N) is 1. The normalized spacial score (nSPS) is 16.0. The van der Waals surface area contributed by atoms with Gasteiger partial charge in [0.1, 0.15) is 12.4 Å². The highest BCUT2D eigenvalue weighted by Crippen LogP contribution is 2.37. The van der Waals surface area contributed by atoms with Crippen molar-refractivity contribution in [1.29, 1.82) is 0 Å². The molecule has 1 heterocycles. The molecular formula is C23H15Br3N2O2S. The maximum atomic E-state index is 12.4. The fourth-order valence-electron chi connectivity index (χ4n) is 2.81. The summed E-state index contributed by atoms with van der Waals surface area (Å²) in [6, 6.07) is 21.4. The maximum absolute atomic E-state index is 12.4. The molecule has 0 atom stereocenters. The molecule has 3 aromatic carbocycles. The second kappa shape index (κ2) is 10.2. The van der Waals surface area contributed by atoms with Crippen molar-refractivity contribution < 1.29 is 9.53 Å². The lowest BCUT2D eigenvalue weighted by molar-refractivity contribution is -0.115. The van der Waals surface area contributed by atoms with Gasteiger partial charge in [0.2, 0.25) is 0 Å². The van der Waals surface area contributed by atoms with Crippen LogP contribution >= 0.6 is 59.6 Å². The summed E-state index contributed by atoms with van der Waals surface area (Å²) in [7, 11) is 0. The van der Waals surface area contributed by atoms with Gasteiger partial charge in [0, 0.05) is 4.47 Å². The highest BCUT2D eigenvalue weighted by Gasteiger charge is 2.24. The van der Waals surface area contributed by atoms with E-state index in [-0.39, 0.29) is 5.91 Å². The van der Waals surface area contributed by atoms with Crippen LogP contribution in [0.4, 0.5) is 5.69 Å². The first-order valence-corrected chi connectivity index (χ1v) is 12.4. The van der Waals surface area contributed by atoms with E-state index in [1.165, 1.54) is 11.8 Å². The molecule has 0 spiro atoms. The summed E-state index contributed by atoms with van der Waals surface area (Å²) in [6.45, 7) is 0.464. The van der Waals surface area contributed by atoms with E-state index in [9.17, 15) is 4.79 Å². The van der Waals surface area contributed by atoms with Gasteiger partial charge in [-0.1, -0.05) is 42.5 Å². The third-order valence-electron chi connectivity index (χ3n) is 4.27. The molecule has 0 saturated carbocycles. The lowest BCUT2D eigenvalue weighted by atomic mass is 10.2. The summed E-state index contributed by atoms with van der Waals surface area (Å²) in [5.74, 6) is 0.540. The molecule has 4 nitrogen and oxygen atoms in total. The van der Waals surface area contributed by atoms with Crippen molar-refractivity contribution in [1.82, 2.24) is 5.32 Å². The molecule has 31 heavy (non-hydrogen) atoms. The third-order valence-corrected chi connectivity index (χ3v) is 7.03. The summed E-state index contributed by atoms with van der Waals surface area (Å²) >= 11 is 11.9. The first-order valence-electron chi connectivity index (χ1n) is 9.19. The Morgan fingerprint density at radius 1 is 0.935 bits per heavy atom. The van der Waals surface area contributed by atoms with Crippen molar-refractivity contribution in [3.8, 4) is 5.75 Å². The van der Waals surface area contributed by atoms with Crippen LogP contribution in [-0.2, 0) is 11.4 Å². The summed E-state index contributed by atoms with van der Waals surface area (Å²) in [5.41, 5.74) is 2.71. The molecular weight excluding hydrogens is 608 g/mol. The van der Waals surface area contributed by atoms with Crippen LogP contribution in [0, 0.1) is 0 Å². The molecule has 1 saturated heterocycles. The molecule has 0 aromatic heterocycles. The summed E-state index contributed by atoms with van der Waals surface area (Å²) in [4.78, 5) is 17.5. The Labute approximate surface area is 209 Å². The number of halogens is 3. The van der Waals surface area contributed by atoms with E-state index in [1.54, 1.807) is 0 Å². The summed E-state index contributed by atoms with van der Waals surface area (Å²) in [6.07, 6.45) is 1.83. The Kier molecular flexibility index (Phi) is 7.32. The highest BCUT2D eigenvalue weighted by atomic mass is 79.9. The van der Waals surface area contributed by atoms with E-state index in [0.29, 0.717) is 22.4 Å². The molecule has 1 amide bonds. The molecule has 1 fully saturated rings. The number of hydrogen-bond acceptors (Lipinski definition) is 4. The Morgan fingerprint density at radius 3 is 2.32 bits per heavy atom. The standard InChI is InChI=1S/C23H15Br3N2O2S/c24-16-8-4-5-9-19(16)27-23-28-22(29)20(31-23)12-15-10-17(25)21(18(26)11-15)30-13-14-6-2-1-3-7-14/h1-12H,13H2,(H,27,28,29)/b20-12+. The van der Waals surface area contributed by atoms with Gasteiger partial charge in [-0.3, -0.25) is 4.79 Å². The minimum absolute atomic E-state index is 0.174. The van der Waals surface area contributed by atoms with E-state index in [1.807, 2.05) is 72.8 Å². The fraction of sp³-hybridized carbons (Fsp3) is 0.0435. The van der Waals surface area contributed by atoms with Crippen molar-refractivity contribution in [3.05, 3.63) is 96.2 Å². The van der Waals surface area contributed by atoms with E-state index >= 15 is 0 Å². The van der Waals surface area contributed by atoms with Crippen LogP contribution in [0.2, 0.25) is 0 Å². The fourth-order valence-corrected chi connectivity index (χ4v) is 5.47. The SMILES string of the molecule is O=C1NC(=Nc2ccccc2Br)S/C1=C/c1cc(Br)c(OCc2ccccc2)c(Br)c1. The second-order valence-corrected chi connectivity index (χ2v) is 10.1. The predicted octanol–water partition coefficient (Wildman–Crippen LogP) is 7.44. The molecule has 1 aliphatic rings. The lowest BCUT2D eigenvalue weighted by Gasteiger charge is -2.11. The topological polar surface area (TPSA) is 50.7 Å². The predicted molar refractivity (Wildman–Crippen MR) is 138 cm³/mol. The Hall–Kier alpha value is -1.87. The van der Waals surface area contributed by atoms with Crippen LogP contribution in [0.25, 0.3) is 6.08 Å². The first kappa shape index (κ1) is 22.3. The number of carbonyl (C=O) groups excluding carboxylic acids is 1. The highest BCUT2D eigenvalue weighted by molar-refractivity contribution is 9.11. The molecule has 1 N–H and O–H groups in total. The van der Waals surface area contributed by atoms with Gasteiger partial charge in [-0.2, -0.15) is 0 Å². The van der Waals surface area contributed by atoms with Gasteiger partial charge >= 0.3 is 0 Å². The number of nitrogens with one attached hydrogen (secondary N) is 1. The number of thioether (sulfide) groups is 1.